The van der Waals surface area contributed by atoms with Crippen molar-refractivity contribution in [2.24, 2.45) is 10.9 Å². The lowest BCUT2D eigenvalue weighted by Gasteiger charge is -2.28. The fourth-order valence-electron chi connectivity index (χ4n) is 3.08. The quantitative estimate of drug-likeness (QED) is 0.333. The van der Waals surface area contributed by atoms with Gasteiger partial charge in [-0.15, -0.1) is 24.0 Å². The van der Waals surface area contributed by atoms with Gasteiger partial charge in [0.2, 0.25) is 0 Å². The van der Waals surface area contributed by atoms with Crippen molar-refractivity contribution >= 4 is 29.9 Å². The van der Waals surface area contributed by atoms with Gasteiger partial charge in [0.25, 0.3) is 0 Å². The molecule has 2 rings (SSSR count). The van der Waals surface area contributed by atoms with E-state index < -0.39 is 12.8 Å². The van der Waals surface area contributed by atoms with Crippen LogP contribution in [0.15, 0.2) is 23.2 Å². The first-order chi connectivity index (χ1) is 12.8. The molecule has 0 unspecified atom stereocenters. The summed E-state index contributed by atoms with van der Waals surface area (Å²) < 4.78 is 46.9. The van der Waals surface area contributed by atoms with E-state index in [1.54, 1.807) is 19.2 Å². The molecular formula is C19H29F3IN3O2. The fraction of sp³-hybridized carbons (Fsp3) is 0.632. The Bertz CT molecular complexity index is 633. The Kier molecular flexibility index (Phi) is 10.2. The van der Waals surface area contributed by atoms with Crippen LogP contribution in [0.1, 0.15) is 38.2 Å². The lowest BCUT2D eigenvalue weighted by molar-refractivity contribution is -0.153. The number of nitrogens with zero attached hydrogens (tertiary/aromatic N) is 1. The molecule has 160 valence electrons. The summed E-state index contributed by atoms with van der Waals surface area (Å²) in [5.41, 5.74) is 0.853. The number of hydrogen-bond acceptors (Lipinski definition) is 3. The highest BCUT2D eigenvalue weighted by Crippen LogP contribution is 2.29. The summed E-state index contributed by atoms with van der Waals surface area (Å²) in [5, 5.41) is 6.67. The van der Waals surface area contributed by atoms with E-state index in [4.69, 9.17) is 9.47 Å². The van der Waals surface area contributed by atoms with Gasteiger partial charge < -0.3 is 20.1 Å². The van der Waals surface area contributed by atoms with E-state index in [0.29, 0.717) is 18.5 Å². The van der Waals surface area contributed by atoms with Crippen molar-refractivity contribution in [3.8, 4) is 11.5 Å². The van der Waals surface area contributed by atoms with Crippen molar-refractivity contribution in [1.29, 1.82) is 0 Å². The normalized spacial score (nSPS) is 20.1. The maximum Gasteiger partial charge on any atom is 0.422 e. The fourth-order valence-corrected chi connectivity index (χ4v) is 3.08. The van der Waals surface area contributed by atoms with E-state index in [2.05, 4.69) is 22.5 Å². The molecule has 1 saturated carbocycles. The van der Waals surface area contributed by atoms with Gasteiger partial charge in [0.1, 0.15) is 0 Å². The summed E-state index contributed by atoms with van der Waals surface area (Å²) in [4.78, 5) is 4.25. The molecule has 28 heavy (non-hydrogen) atoms. The molecule has 1 fully saturated rings. The molecule has 0 amide bonds. The lowest BCUT2D eigenvalue weighted by Crippen LogP contribution is -2.44. The zero-order valence-corrected chi connectivity index (χ0v) is 18.8. The largest absolute Gasteiger partial charge is 0.493 e. The molecule has 0 saturated heterocycles. The highest BCUT2D eigenvalue weighted by atomic mass is 127. The third kappa shape index (κ3) is 8.32. The Balaban J connectivity index is 0.00000392. The van der Waals surface area contributed by atoms with Gasteiger partial charge in [-0.2, -0.15) is 13.2 Å². The number of guanidine groups is 1. The van der Waals surface area contributed by atoms with Crippen LogP contribution in [0.3, 0.4) is 0 Å². The maximum atomic E-state index is 12.3. The Morgan fingerprint density at radius 2 is 1.86 bits per heavy atom. The number of benzene rings is 1. The first-order valence-electron chi connectivity index (χ1n) is 9.14. The van der Waals surface area contributed by atoms with Gasteiger partial charge in [-0.05, 0) is 49.3 Å². The van der Waals surface area contributed by atoms with Gasteiger partial charge in [0.15, 0.2) is 24.1 Å². The van der Waals surface area contributed by atoms with Crippen molar-refractivity contribution in [3.05, 3.63) is 23.8 Å². The highest BCUT2D eigenvalue weighted by molar-refractivity contribution is 14.0. The summed E-state index contributed by atoms with van der Waals surface area (Å²) >= 11 is 0. The molecule has 0 aliphatic heterocycles. The molecule has 1 aliphatic carbocycles. The van der Waals surface area contributed by atoms with Gasteiger partial charge in [-0.25, -0.2) is 0 Å². The van der Waals surface area contributed by atoms with Crippen molar-refractivity contribution < 1.29 is 22.6 Å². The summed E-state index contributed by atoms with van der Waals surface area (Å²) in [5.74, 6) is 1.83. The molecule has 0 spiro atoms. The third-order valence-electron chi connectivity index (χ3n) is 4.66. The lowest BCUT2D eigenvalue weighted by atomic mass is 9.87. The SMILES string of the molecule is CN=C(NCc1ccc(OCC(F)(F)F)c(OC)c1)NC1CCC(C)CC1.I. The van der Waals surface area contributed by atoms with E-state index in [-0.39, 0.29) is 35.5 Å². The third-order valence-corrected chi connectivity index (χ3v) is 4.66. The molecule has 1 aromatic rings. The number of halogens is 4. The van der Waals surface area contributed by atoms with Gasteiger partial charge in [0.05, 0.1) is 7.11 Å². The molecule has 0 heterocycles. The summed E-state index contributed by atoms with van der Waals surface area (Å²) in [6.07, 6.45) is 0.290. The van der Waals surface area contributed by atoms with Crippen molar-refractivity contribution in [2.45, 2.75) is 51.4 Å². The Hall–Kier alpha value is -1.39. The average Bonchev–Trinajstić information content (AvgIpc) is 2.64. The molecule has 0 aromatic heterocycles. The van der Waals surface area contributed by atoms with E-state index in [0.717, 1.165) is 24.3 Å². The molecule has 2 N–H and O–H groups in total. The maximum absolute atomic E-state index is 12.3. The monoisotopic (exact) mass is 515 g/mol. The Labute approximate surface area is 181 Å². The number of hydrogen-bond donors (Lipinski definition) is 2. The Morgan fingerprint density at radius 1 is 1.18 bits per heavy atom. The number of alkyl halides is 3. The molecule has 0 atom stereocenters. The first-order valence-corrected chi connectivity index (χ1v) is 9.14. The van der Waals surface area contributed by atoms with Gasteiger partial charge in [-0.3, -0.25) is 4.99 Å². The van der Waals surface area contributed by atoms with Gasteiger partial charge in [0, 0.05) is 19.6 Å². The highest BCUT2D eigenvalue weighted by Gasteiger charge is 2.29. The minimum atomic E-state index is -4.39. The molecule has 5 nitrogen and oxygen atoms in total. The predicted molar refractivity (Wildman–Crippen MR) is 115 cm³/mol. The number of aliphatic imine (C=N–C) groups is 1. The zero-order valence-electron chi connectivity index (χ0n) is 16.4. The summed E-state index contributed by atoms with van der Waals surface area (Å²) in [6.45, 7) is 1.40. The van der Waals surface area contributed by atoms with Crippen LogP contribution >= 0.6 is 24.0 Å². The van der Waals surface area contributed by atoms with Crippen LogP contribution in [-0.4, -0.2) is 38.9 Å². The number of nitrogens with one attached hydrogen (secondary N) is 2. The van der Waals surface area contributed by atoms with E-state index in [1.165, 1.54) is 26.0 Å². The van der Waals surface area contributed by atoms with Crippen LogP contribution in [-0.2, 0) is 6.54 Å². The number of rotatable bonds is 6. The van der Waals surface area contributed by atoms with Crippen LogP contribution < -0.4 is 20.1 Å². The smallest absolute Gasteiger partial charge is 0.422 e. The van der Waals surface area contributed by atoms with Crippen molar-refractivity contribution in [3.63, 3.8) is 0 Å². The predicted octanol–water partition coefficient (Wildman–Crippen LogP) is 4.50. The second-order valence-electron chi connectivity index (χ2n) is 6.92. The number of methoxy groups -OCH3 is 1. The van der Waals surface area contributed by atoms with Gasteiger partial charge >= 0.3 is 6.18 Å². The van der Waals surface area contributed by atoms with E-state index in [1.807, 2.05) is 0 Å². The number of ether oxygens (including phenoxy) is 2. The molecule has 0 bridgehead atoms. The second kappa shape index (κ2) is 11.6. The molecule has 9 heteroatoms. The van der Waals surface area contributed by atoms with Crippen LogP contribution in [0, 0.1) is 5.92 Å². The van der Waals surface area contributed by atoms with Crippen LogP contribution in [0.25, 0.3) is 0 Å². The first kappa shape index (κ1) is 24.6. The van der Waals surface area contributed by atoms with E-state index in [9.17, 15) is 13.2 Å². The molecular weight excluding hydrogens is 486 g/mol. The molecule has 0 radical (unpaired) electrons. The van der Waals surface area contributed by atoms with Crippen LogP contribution in [0.2, 0.25) is 0 Å². The topological polar surface area (TPSA) is 54.9 Å². The van der Waals surface area contributed by atoms with Crippen molar-refractivity contribution in [1.82, 2.24) is 10.6 Å². The summed E-state index contributed by atoms with van der Waals surface area (Å²) in [6, 6.07) is 5.27. The second-order valence-corrected chi connectivity index (χ2v) is 6.92. The Morgan fingerprint density at radius 3 is 2.43 bits per heavy atom. The zero-order chi connectivity index (χ0) is 19.9. The molecule has 1 aromatic carbocycles. The standard InChI is InChI=1S/C19H28F3N3O2.HI/c1-13-4-7-15(8-5-13)25-18(23-2)24-11-14-6-9-16(17(10-14)26-3)27-12-19(20,21)22;/h6,9-10,13,15H,4-5,7-8,11-12H2,1-3H3,(H2,23,24,25);1H. The van der Waals surface area contributed by atoms with Gasteiger partial charge in [-0.1, -0.05) is 13.0 Å². The van der Waals surface area contributed by atoms with E-state index >= 15 is 0 Å². The minimum Gasteiger partial charge on any atom is -0.493 e. The van der Waals surface area contributed by atoms with Crippen LogP contribution in [0.4, 0.5) is 13.2 Å². The van der Waals surface area contributed by atoms with Crippen molar-refractivity contribution in [2.75, 3.05) is 20.8 Å². The molecule has 1 aliphatic rings. The minimum absolute atomic E-state index is 0. The average molecular weight is 515 g/mol. The summed E-state index contributed by atoms with van der Waals surface area (Å²) in [7, 11) is 3.12. The van der Waals surface area contributed by atoms with Crippen LogP contribution in [0.5, 0.6) is 11.5 Å².